The van der Waals surface area contributed by atoms with Crippen molar-refractivity contribution in [3.8, 4) is 0 Å². The fourth-order valence-electron chi connectivity index (χ4n) is 1.77. The zero-order valence-electron chi connectivity index (χ0n) is 9.57. The number of aliphatic hydroxyl groups excluding tert-OH is 1. The molecule has 0 amide bonds. The van der Waals surface area contributed by atoms with Crippen molar-refractivity contribution < 1.29 is 5.11 Å². The highest BCUT2D eigenvalue weighted by molar-refractivity contribution is 9.10. The molecule has 18 heavy (non-hydrogen) atoms. The second-order valence-corrected chi connectivity index (χ2v) is 5.38. The summed E-state index contributed by atoms with van der Waals surface area (Å²) in [6.45, 7) is 2.56. The lowest BCUT2D eigenvalue weighted by atomic mass is 10.1. The maximum Gasteiger partial charge on any atom is 0.124 e. The van der Waals surface area contributed by atoms with Crippen LogP contribution in [0.15, 0.2) is 28.9 Å². The van der Waals surface area contributed by atoms with Crippen molar-refractivity contribution in [1.82, 2.24) is 9.78 Å². The first-order valence-electron chi connectivity index (χ1n) is 5.39. The zero-order chi connectivity index (χ0) is 13.3. The third-order valence-electron chi connectivity index (χ3n) is 2.67. The van der Waals surface area contributed by atoms with E-state index in [0.29, 0.717) is 27.8 Å². The monoisotopic (exact) mass is 348 g/mol. The van der Waals surface area contributed by atoms with Gasteiger partial charge in [-0.15, -0.1) is 0 Å². The minimum Gasteiger partial charge on any atom is -0.382 e. The van der Waals surface area contributed by atoms with Crippen LogP contribution in [0.2, 0.25) is 10.0 Å². The van der Waals surface area contributed by atoms with Gasteiger partial charge in [-0.25, -0.2) is 0 Å². The third kappa shape index (κ3) is 2.43. The van der Waals surface area contributed by atoms with Gasteiger partial charge < -0.3 is 5.11 Å². The summed E-state index contributed by atoms with van der Waals surface area (Å²) in [4.78, 5) is 0. The molecule has 1 aromatic carbocycles. The Morgan fingerprint density at radius 1 is 1.44 bits per heavy atom. The highest BCUT2D eigenvalue weighted by atomic mass is 79.9. The molecule has 96 valence electrons. The molecule has 1 aromatic heterocycles. The Balaban J connectivity index is 2.51. The van der Waals surface area contributed by atoms with Crippen LogP contribution >= 0.6 is 39.1 Å². The normalized spacial score (nSPS) is 12.7. The van der Waals surface area contributed by atoms with Crippen LogP contribution in [-0.4, -0.2) is 14.9 Å². The predicted molar refractivity (Wildman–Crippen MR) is 76.1 cm³/mol. The molecule has 1 unspecified atom stereocenters. The molecule has 0 saturated heterocycles. The van der Waals surface area contributed by atoms with Gasteiger partial charge in [0.05, 0.1) is 21.9 Å². The summed E-state index contributed by atoms with van der Waals surface area (Å²) in [6.07, 6.45) is 0.625. The third-order valence-corrected chi connectivity index (χ3v) is 4.27. The van der Waals surface area contributed by atoms with Crippen molar-refractivity contribution in [3.63, 3.8) is 0 Å². The lowest BCUT2D eigenvalue weighted by molar-refractivity contribution is 0.208. The molecule has 0 fully saturated rings. The Bertz CT molecular complexity index is 571. The van der Waals surface area contributed by atoms with Crippen LogP contribution in [0.5, 0.6) is 0 Å². The molecule has 1 heterocycles. The maximum atomic E-state index is 10.4. The molecule has 2 rings (SSSR count). The van der Waals surface area contributed by atoms with Gasteiger partial charge in [0.25, 0.3) is 0 Å². The summed E-state index contributed by atoms with van der Waals surface area (Å²) in [6, 6.07) is 5.40. The van der Waals surface area contributed by atoms with E-state index in [1.54, 1.807) is 10.7 Å². The Kier molecular flexibility index (Phi) is 4.33. The number of hydrogen-bond donors (Lipinski definition) is 1. The highest BCUT2D eigenvalue weighted by Gasteiger charge is 2.22. The van der Waals surface area contributed by atoms with E-state index in [9.17, 15) is 5.11 Å². The predicted octanol–water partition coefficient (Wildman–Crippen LogP) is 4.05. The number of benzene rings is 1. The van der Waals surface area contributed by atoms with Crippen LogP contribution < -0.4 is 0 Å². The molecule has 0 radical (unpaired) electrons. The van der Waals surface area contributed by atoms with E-state index in [0.717, 1.165) is 4.47 Å². The van der Waals surface area contributed by atoms with Gasteiger partial charge in [0, 0.05) is 16.6 Å². The van der Waals surface area contributed by atoms with E-state index in [2.05, 4.69) is 21.0 Å². The Morgan fingerprint density at radius 2 is 2.17 bits per heavy atom. The van der Waals surface area contributed by atoms with Gasteiger partial charge in [0.2, 0.25) is 0 Å². The number of hydrogen-bond acceptors (Lipinski definition) is 2. The number of aromatic nitrogens is 2. The lowest BCUT2D eigenvalue weighted by Gasteiger charge is -2.15. The molecule has 0 aliphatic carbocycles. The van der Waals surface area contributed by atoms with Crippen molar-refractivity contribution in [1.29, 1.82) is 0 Å². The first-order chi connectivity index (χ1) is 8.56. The SMILES string of the molecule is CCn1ncc(Cl)c1C(O)c1cccc(Br)c1Cl. The fourth-order valence-corrected chi connectivity index (χ4v) is 2.63. The van der Waals surface area contributed by atoms with Gasteiger partial charge in [0.1, 0.15) is 6.10 Å². The summed E-state index contributed by atoms with van der Waals surface area (Å²) in [5.41, 5.74) is 1.15. The van der Waals surface area contributed by atoms with E-state index in [1.165, 1.54) is 6.20 Å². The van der Waals surface area contributed by atoms with Crippen molar-refractivity contribution in [2.45, 2.75) is 19.6 Å². The number of aryl methyl sites for hydroxylation is 1. The first-order valence-corrected chi connectivity index (χ1v) is 6.94. The summed E-state index contributed by atoms with van der Waals surface area (Å²) in [5.74, 6) is 0. The summed E-state index contributed by atoms with van der Waals surface area (Å²) in [7, 11) is 0. The number of rotatable bonds is 3. The van der Waals surface area contributed by atoms with Gasteiger partial charge in [-0.3, -0.25) is 4.68 Å². The molecule has 0 aliphatic heterocycles. The van der Waals surface area contributed by atoms with Crippen molar-refractivity contribution in [3.05, 3.63) is 50.2 Å². The van der Waals surface area contributed by atoms with Gasteiger partial charge in [-0.05, 0) is 28.9 Å². The fraction of sp³-hybridized carbons (Fsp3) is 0.250. The minimum atomic E-state index is -0.898. The molecular formula is C12H11BrCl2N2O. The van der Waals surface area contributed by atoms with Crippen LogP contribution in [0, 0.1) is 0 Å². The Hall–Kier alpha value is -0.550. The van der Waals surface area contributed by atoms with Crippen LogP contribution in [-0.2, 0) is 6.54 Å². The molecule has 2 aromatic rings. The van der Waals surface area contributed by atoms with E-state index in [1.807, 2.05) is 19.1 Å². The second-order valence-electron chi connectivity index (χ2n) is 3.74. The van der Waals surface area contributed by atoms with Crippen molar-refractivity contribution in [2.75, 3.05) is 0 Å². The number of aliphatic hydroxyl groups is 1. The summed E-state index contributed by atoms with van der Waals surface area (Å²) in [5, 5.41) is 15.4. The summed E-state index contributed by atoms with van der Waals surface area (Å²) < 4.78 is 2.39. The highest BCUT2D eigenvalue weighted by Crippen LogP contribution is 2.35. The molecule has 0 spiro atoms. The molecule has 3 nitrogen and oxygen atoms in total. The average Bonchev–Trinajstić information content (AvgIpc) is 2.73. The Morgan fingerprint density at radius 3 is 2.83 bits per heavy atom. The van der Waals surface area contributed by atoms with Crippen LogP contribution in [0.1, 0.15) is 24.3 Å². The van der Waals surface area contributed by atoms with E-state index < -0.39 is 6.10 Å². The maximum absolute atomic E-state index is 10.4. The van der Waals surface area contributed by atoms with E-state index in [4.69, 9.17) is 23.2 Å². The van der Waals surface area contributed by atoms with Crippen LogP contribution in [0.3, 0.4) is 0 Å². The molecule has 0 bridgehead atoms. The van der Waals surface area contributed by atoms with E-state index >= 15 is 0 Å². The number of nitrogens with zero attached hydrogens (tertiary/aromatic N) is 2. The van der Waals surface area contributed by atoms with Gasteiger partial charge in [-0.1, -0.05) is 35.3 Å². The van der Waals surface area contributed by atoms with Crippen molar-refractivity contribution in [2.24, 2.45) is 0 Å². The standard InChI is InChI=1S/C12H11BrCl2N2O/c1-2-17-11(9(14)6-16-17)12(18)7-4-3-5-8(13)10(7)15/h3-6,12,18H,2H2,1H3. The molecule has 1 N–H and O–H groups in total. The zero-order valence-corrected chi connectivity index (χ0v) is 12.7. The van der Waals surface area contributed by atoms with Crippen LogP contribution in [0.25, 0.3) is 0 Å². The topological polar surface area (TPSA) is 38.0 Å². The summed E-state index contributed by atoms with van der Waals surface area (Å²) >= 11 is 15.6. The molecule has 6 heteroatoms. The Labute approximate surface area is 123 Å². The molecular weight excluding hydrogens is 339 g/mol. The second kappa shape index (κ2) is 5.61. The molecule has 1 atom stereocenters. The molecule has 0 aliphatic rings. The van der Waals surface area contributed by atoms with Gasteiger partial charge in [-0.2, -0.15) is 5.10 Å². The average molecular weight is 350 g/mol. The largest absolute Gasteiger partial charge is 0.382 e. The van der Waals surface area contributed by atoms with Gasteiger partial charge in [0.15, 0.2) is 0 Å². The van der Waals surface area contributed by atoms with Crippen molar-refractivity contribution >= 4 is 39.1 Å². The van der Waals surface area contributed by atoms with E-state index in [-0.39, 0.29) is 0 Å². The lowest BCUT2D eigenvalue weighted by Crippen LogP contribution is -2.10. The van der Waals surface area contributed by atoms with Crippen LogP contribution in [0.4, 0.5) is 0 Å². The minimum absolute atomic E-state index is 0.431. The smallest absolute Gasteiger partial charge is 0.124 e. The molecule has 0 saturated carbocycles. The number of halogens is 3. The quantitative estimate of drug-likeness (QED) is 0.907. The first kappa shape index (κ1) is 13.9. The van der Waals surface area contributed by atoms with Gasteiger partial charge >= 0.3 is 0 Å².